The number of rotatable bonds is 6. The van der Waals surface area contributed by atoms with E-state index in [0.29, 0.717) is 0 Å². The summed E-state index contributed by atoms with van der Waals surface area (Å²) in [4.78, 5) is 2.60. The van der Waals surface area contributed by atoms with E-state index in [9.17, 15) is 0 Å². The van der Waals surface area contributed by atoms with Crippen molar-refractivity contribution in [2.45, 2.75) is 40.0 Å². The Balaban J connectivity index is 2.04. The molecule has 90 valence electrons. The van der Waals surface area contributed by atoms with E-state index in [1.807, 2.05) is 0 Å². The van der Waals surface area contributed by atoms with Crippen molar-refractivity contribution in [1.29, 1.82) is 0 Å². The fourth-order valence-corrected chi connectivity index (χ4v) is 2.38. The third kappa shape index (κ3) is 4.98. The van der Waals surface area contributed by atoms with Crippen LogP contribution in [0.3, 0.4) is 0 Å². The summed E-state index contributed by atoms with van der Waals surface area (Å²) in [5, 5.41) is 0. The van der Waals surface area contributed by atoms with Gasteiger partial charge in [-0.25, -0.2) is 0 Å². The van der Waals surface area contributed by atoms with Crippen LogP contribution in [0.4, 0.5) is 0 Å². The van der Waals surface area contributed by atoms with E-state index in [1.54, 1.807) is 0 Å². The molecule has 0 spiro atoms. The van der Waals surface area contributed by atoms with Crippen molar-refractivity contribution in [2.75, 3.05) is 32.8 Å². The summed E-state index contributed by atoms with van der Waals surface area (Å²) in [6.45, 7) is 12.4. The lowest BCUT2D eigenvalue weighted by Gasteiger charge is -2.33. The monoisotopic (exact) mass is 213 g/mol. The van der Waals surface area contributed by atoms with Crippen molar-refractivity contribution in [2.24, 2.45) is 11.8 Å². The van der Waals surface area contributed by atoms with E-state index in [4.69, 9.17) is 4.74 Å². The van der Waals surface area contributed by atoms with Crippen molar-refractivity contribution >= 4 is 0 Å². The Kier molecular flexibility index (Phi) is 6.26. The molecule has 0 atom stereocenters. The Labute approximate surface area is 95.0 Å². The summed E-state index contributed by atoms with van der Waals surface area (Å²) < 4.78 is 5.36. The Morgan fingerprint density at radius 3 is 2.47 bits per heavy atom. The zero-order chi connectivity index (χ0) is 11.1. The molecular weight excluding hydrogens is 186 g/mol. The summed E-state index contributed by atoms with van der Waals surface area (Å²) in [7, 11) is 0. The van der Waals surface area contributed by atoms with Crippen molar-refractivity contribution in [3.05, 3.63) is 0 Å². The smallest absolute Gasteiger partial charge is 0.0478 e. The number of hydrogen-bond acceptors (Lipinski definition) is 2. The minimum atomic E-state index is 0.857. The van der Waals surface area contributed by atoms with Gasteiger partial charge in [0.15, 0.2) is 0 Å². The van der Waals surface area contributed by atoms with Gasteiger partial charge in [0.05, 0.1) is 0 Å². The standard InChI is InChI=1S/C13H27NO/c1-4-15-11-5-8-14-9-6-13(7-10-14)12(2)3/h12-13H,4-11H2,1-3H3. The first-order valence-corrected chi connectivity index (χ1v) is 6.54. The van der Waals surface area contributed by atoms with Crippen LogP contribution in [0.15, 0.2) is 0 Å². The molecule has 0 radical (unpaired) electrons. The third-order valence-electron chi connectivity index (χ3n) is 3.54. The largest absolute Gasteiger partial charge is 0.382 e. The molecule has 0 bridgehead atoms. The van der Waals surface area contributed by atoms with Crippen LogP contribution >= 0.6 is 0 Å². The van der Waals surface area contributed by atoms with Crippen LogP contribution in [0.2, 0.25) is 0 Å². The lowest BCUT2D eigenvalue weighted by atomic mass is 9.87. The Hall–Kier alpha value is -0.0800. The van der Waals surface area contributed by atoms with Crippen LogP contribution in [0.1, 0.15) is 40.0 Å². The highest BCUT2D eigenvalue weighted by Crippen LogP contribution is 2.24. The number of ether oxygens (including phenoxy) is 1. The van der Waals surface area contributed by atoms with Crippen LogP contribution in [0.25, 0.3) is 0 Å². The molecule has 0 aromatic carbocycles. The second-order valence-corrected chi connectivity index (χ2v) is 4.97. The second kappa shape index (κ2) is 7.24. The third-order valence-corrected chi connectivity index (χ3v) is 3.54. The molecule has 1 saturated heterocycles. The average molecular weight is 213 g/mol. The molecule has 2 nitrogen and oxygen atoms in total. The number of likely N-dealkylation sites (tertiary alicyclic amines) is 1. The number of hydrogen-bond donors (Lipinski definition) is 0. The molecule has 0 aromatic rings. The van der Waals surface area contributed by atoms with Crippen molar-refractivity contribution in [1.82, 2.24) is 4.90 Å². The van der Waals surface area contributed by atoms with Crippen molar-refractivity contribution < 1.29 is 4.74 Å². The minimum absolute atomic E-state index is 0.857. The molecule has 0 saturated carbocycles. The van der Waals surface area contributed by atoms with Gasteiger partial charge in [-0.2, -0.15) is 0 Å². The normalized spacial score (nSPS) is 20.0. The molecule has 0 aromatic heterocycles. The fraction of sp³-hybridized carbons (Fsp3) is 1.00. The van der Waals surface area contributed by atoms with Crippen LogP contribution in [-0.2, 0) is 4.74 Å². The van der Waals surface area contributed by atoms with Gasteiger partial charge in [0, 0.05) is 19.8 Å². The van der Waals surface area contributed by atoms with E-state index >= 15 is 0 Å². The van der Waals surface area contributed by atoms with Gasteiger partial charge in [0.25, 0.3) is 0 Å². The molecule has 1 fully saturated rings. The first-order chi connectivity index (χ1) is 7.24. The molecule has 1 rings (SSSR count). The van der Waals surface area contributed by atoms with Crippen LogP contribution < -0.4 is 0 Å². The van der Waals surface area contributed by atoms with E-state index in [-0.39, 0.29) is 0 Å². The number of piperidine rings is 1. The van der Waals surface area contributed by atoms with Gasteiger partial charge in [-0.3, -0.25) is 0 Å². The van der Waals surface area contributed by atoms with Gasteiger partial charge in [-0.1, -0.05) is 13.8 Å². The molecule has 1 heterocycles. The molecule has 0 unspecified atom stereocenters. The molecular formula is C13H27NO. The van der Waals surface area contributed by atoms with E-state index in [1.165, 1.54) is 38.9 Å². The van der Waals surface area contributed by atoms with Gasteiger partial charge >= 0.3 is 0 Å². The zero-order valence-corrected chi connectivity index (χ0v) is 10.7. The summed E-state index contributed by atoms with van der Waals surface area (Å²) in [5.41, 5.74) is 0. The lowest BCUT2D eigenvalue weighted by Crippen LogP contribution is -2.36. The van der Waals surface area contributed by atoms with Gasteiger partial charge in [-0.05, 0) is 51.1 Å². The topological polar surface area (TPSA) is 12.5 Å². The number of nitrogens with zero attached hydrogens (tertiary/aromatic N) is 1. The fourth-order valence-electron chi connectivity index (χ4n) is 2.38. The average Bonchev–Trinajstić information content (AvgIpc) is 2.25. The van der Waals surface area contributed by atoms with E-state index in [0.717, 1.165) is 25.0 Å². The van der Waals surface area contributed by atoms with E-state index in [2.05, 4.69) is 25.7 Å². The predicted molar refractivity (Wildman–Crippen MR) is 65.1 cm³/mol. The molecule has 0 N–H and O–H groups in total. The summed E-state index contributed by atoms with van der Waals surface area (Å²) in [5.74, 6) is 1.84. The highest BCUT2D eigenvalue weighted by Gasteiger charge is 2.20. The van der Waals surface area contributed by atoms with Gasteiger partial charge in [0.2, 0.25) is 0 Å². The summed E-state index contributed by atoms with van der Waals surface area (Å²) >= 11 is 0. The molecule has 0 aliphatic carbocycles. The zero-order valence-electron chi connectivity index (χ0n) is 10.7. The first kappa shape index (κ1) is 13.0. The molecule has 1 aliphatic rings. The van der Waals surface area contributed by atoms with Crippen LogP contribution in [-0.4, -0.2) is 37.7 Å². The van der Waals surface area contributed by atoms with E-state index < -0.39 is 0 Å². The summed E-state index contributed by atoms with van der Waals surface area (Å²) in [6.07, 6.45) is 3.98. The lowest BCUT2D eigenvalue weighted by molar-refractivity contribution is 0.114. The molecule has 0 amide bonds. The second-order valence-electron chi connectivity index (χ2n) is 4.97. The minimum Gasteiger partial charge on any atom is -0.382 e. The quantitative estimate of drug-likeness (QED) is 0.629. The van der Waals surface area contributed by atoms with Crippen LogP contribution in [0, 0.1) is 11.8 Å². The SMILES string of the molecule is CCOCCCN1CCC(C(C)C)CC1. The Morgan fingerprint density at radius 2 is 1.93 bits per heavy atom. The highest BCUT2D eigenvalue weighted by atomic mass is 16.5. The molecule has 1 aliphatic heterocycles. The highest BCUT2D eigenvalue weighted by molar-refractivity contribution is 4.74. The Morgan fingerprint density at radius 1 is 1.27 bits per heavy atom. The molecule has 2 heteroatoms. The first-order valence-electron chi connectivity index (χ1n) is 6.54. The Bertz CT molecular complexity index is 151. The molecule has 15 heavy (non-hydrogen) atoms. The maximum absolute atomic E-state index is 5.36. The maximum Gasteiger partial charge on any atom is 0.0478 e. The van der Waals surface area contributed by atoms with Gasteiger partial charge in [-0.15, -0.1) is 0 Å². The van der Waals surface area contributed by atoms with Crippen LogP contribution in [0.5, 0.6) is 0 Å². The van der Waals surface area contributed by atoms with Gasteiger partial charge in [0.1, 0.15) is 0 Å². The predicted octanol–water partition coefficient (Wildman–Crippen LogP) is 2.78. The van der Waals surface area contributed by atoms with Gasteiger partial charge < -0.3 is 9.64 Å². The van der Waals surface area contributed by atoms with Crippen molar-refractivity contribution in [3.8, 4) is 0 Å². The summed E-state index contributed by atoms with van der Waals surface area (Å²) in [6, 6.07) is 0. The maximum atomic E-state index is 5.36. The van der Waals surface area contributed by atoms with Crippen molar-refractivity contribution in [3.63, 3.8) is 0 Å².